The largest absolute Gasteiger partial charge is 2.00 e. The van der Waals surface area contributed by atoms with Crippen LogP contribution in [0.25, 0.3) is 44.4 Å². The number of aryl methyl sites for hydroxylation is 5. The minimum atomic E-state index is 0. The predicted octanol–water partition coefficient (Wildman–Crippen LogP) is 12.5. The molecule has 0 radical (unpaired) electrons. The molecule has 7 aromatic rings. The normalized spacial score (nSPS) is 11.7. The quantitative estimate of drug-likeness (QED) is 0.102. The summed E-state index contributed by atoms with van der Waals surface area (Å²) in [6.45, 7) is 22.3. The van der Waals surface area contributed by atoms with Gasteiger partial charge in [-0.1, -0.05) is 89.4 Å². The summed E-state index contributed by atoms with van der Waals surface area (Å²) in [5.74, 6) is 3.19. The summed E-state index contributed by atoms with van der Waals surface area (Å²) >= 11 is 0. The van der Waals surface area contributed by atoms with Crippen LogP contribution in [0.15, 0.2) is 79.0 Å². The van der Waals surface area contributed by atoms with Crippen LogP contribution in [-0.4, -0.2) is 19.3 Å². The summed E-state index contributed by atoms with van der Waals surface area (Å²) in [6.07, 6.45) is 3.87. The van der Waals surface area contributed by atoms with E-state index in [-0.39, 0.29) is 32.3 Å². The van der Waals surface area contributed by atoms with Gasteiger partial charge in [0.15, 0.2) is 0 Å². The molecular weight excluding hydrogens is 743 g/mol. The van der Waals surface area contributed by atoms with Gasteiger partial charge in [0.2, 0.25) is 0 Å². The van der Waals surface area contributed by atoms with E-state index >= 15 is 0 Å². The van der Waals surface area contributed by atoms with Gasteiger partial charge >= 0.3 is 20.4 Å². The van der Waals surface area contributed by atoms with Gasteiger partial charge in [-0.3, -0.25) is 4.68 Å². The van der Waals surface area contributed by atoms with E-state index in [0.717, 1.165) is 57.4 Å². The molecule has 0 spiro atoms. The molecule has 0 aliphatic carbocycles. The second kappa shape index (κ2) is 15.5. The maximum atomic E-state index is 6.74. The van der Waals surface area contributed by atoms with Crippen LogP contribution < -0.4 is 4.74 Å². The Morgan fingerprint density at radius 1 is 0.717 bits per heavy atom. The third-order valence-corrected chi connectivity index (χ3v) is 10.0. The summed E-state index contributed by atoms with van der Waals surface area (Å²) in [4.78, 5) is 4.75. The Hall–Kier alpha value is -4.50. The van der Waals surface area contributed by atoms with E-state index in [9.17, 15) is 0 Å². The monoisotopic (exact) mass is 792 g/mol. The smallest absolute Gasteiger partial charge is 0.509 e. The third kappa shape index (κ3) is 7.50. The Balaban J connectivity index is 0.00000481. The van der Waals surface area contributed by atoms with Crippen molar-refractivity contribution < 1.29 is 25.2 Å². The Morgan fingerprint density at radius 3 is 2.13 bits per heavy atom. The first-order chi connectivity index (χ1) is 24.9. The number of hydrogen-bond donors (Lipinski definition) is 0. The fourth-order valence-corrected chi connectivity index (χ4v) is 7.69. The average molecular weight is 793 g/mol. The molecular formula is C47H50N4OPd. The van der Waals surface area contributed by atoms with Crippen LogP contribution in [0.4, 0.5) is 0 Å². The zero-order chi connectivity index (χ0) is 36.8. The van der Waals surface area contributed by atoms with Gasteiger partial charge in [0, 0.05) is 28.8 Å². The first kappa shape index (κ1) is 38.2. The number of para-hydroxylation sites is 1. The molecule has 0 aliphatic heterocycles. The molecule has 3 heterocycles. The number of aromatic nitrogens is 4. The van der Waals surface area contributed by atoms with Crippen molar-refractivity contribution >= 4 is 21.8 Å². The molecule has 0 N–H and O–H groups in total. The van der Waals surface area contributed by atoms with Crippen molar-refractivity contribution in [2.45, 2.75) is 93.9 Å². The summed E-state index contributed by atoms with van der Waals surface area (Å²) in [6, 6.07) is 33.0. The molecule has 5 nitrogen and oxygen atoms in total. The molecule has 0 atom stereocenters. The molecule has 4 aromatic carbocycles. The second-order valence-electron chi connectivity index (χ2n) is 15.5. The van der Waals surface area contributed by atoms with E-state index in [0.29, 0.717) is 17.4 Å². The van der Waals surface area contributed by atoms with Gasteiger partial charge in [0.25, 0.3) is 0 Å². The summed E-state index contributed by atoms with van der Waals surface area (Å²) in [5, 5.41) is 7.66. The van der Waals surface area contributed by atoms with Crippen molar-refractivity contribution in [2.75, 3.05) is 0 Å². The zero-order valence-corrected chi connectivity index (χ0v) is 34.2. The van der Waals surface area contributed by atoms with E-state index in [1.54, 1.807) is 0 Å². The maximum absolute atomic E-state index is 6.74. The Kier molecular flexibility index (Phi) is 11.2. The zero-order valence-electron chi connectivity index (χ0n) is 32.7. The molecule has 0 saturated carbocycles. The van der Waals surface area contributed by atoms with Gasteiger partial charge in [-0.25, -0.2) is 4.98 Å². The van der Waals surface area contributed by atoms with Gasteiger partial charge in [-0.05, 0) is 103 Å². The van der Waals surface area contributed by atoms with Crippen molar-refractivity contribution in [3.8, 4) is 34.1 Å². The fraction of sp³-hybridized carbons (Fsp3) is 0.319. The van der Waals surface area contributed by atoms with Crippen LogP contribution in [0.3, 0.4) is 0 Å². The molecule has 0 bridgehead atoms. The predicted molar refractivity (Wildman–Crippen MR) is 216 cm³/mol. The van der Waals surface area contributed by atoms with Crippen LogP contribution in [0.1, 0.15) is 99.0 Å². The van der Waals surface area contributed by atoms with Crippen molar-refractivity contribution in [1.29, 1.82) is 0 Å². The van der Waals surface area contributed by atoms with E-state index in [1.165, 1.54) is 39.1 Å². The van der Waals surface area contributed by atoms with E-state index < -0.39 is 0 Å². The molecule has 0 saturated heterocycles. The van der Waals surface area contributed by atoms with E-state index in [2.05, 4.69) is 151 Å². The van der Waals surface area contributed by atoms with Gasteiger partial charge in [0.05, 0.1) is 11.4 Å². The number of rotatable bonds is 10. The van der Waals surface area contributed by atoms with Gasteiger partial charge in [-0.15, -0.1) is 35.7 Å². The number of hydrogen-bond acceptors (Lipinski definition) is 3. The summed E-state index contributed by atoms with van der Waals surface area (Å²) in [7, 11) is 0. The number of fused-ring (bicyclic) bond motifs is 3. The topological polar surface area (TPSA) is 44.9 Å². The third-order valence-electron chi connectivity index (χ3n) is 10.0. The van der Waals surface area contributed by atoms with Crippen LogP contribution in [-0.2, 0) is 26.8 Å². The maximum Gasteiger partial charge on any atom is 2.00 e. The molecule has 0 fully saturated rings. The number of benzene rings is 4. The summed E-state index contributed by atoms with van der Waals surface area (Å²) < 4.78 is 11.1. The fourth-order valence-electron chi connectivity index (χ4n) is 7.69. The Bertz CT molecular complexity index is 2410. The second-order valence-corrected chi connectivity index (χ2v) is 15.5. The molecule has 274 valence electrons. The molecule has 0 amide bonds. The van der Waals surface area contributed by atoms with Gasteiger partial charge in [-0.2, -0.15) is 16.7 Å². The molecule has 3 aromatic heterocycles. The first-order valence-electron chi connectivity index (χ1n) is 18.7. The van der Waals surface area contributed by atoms with Crippen molar-refractivity contribution in [3.05, 3.63) is 130 Å². The van der Waals surface area contributed by atoms with Gasteiger partial charge in [0.1, 0.15) is 5.82 Å². The van der Waals surface area contributed by atoms with E-state index in [4.69, 9.17) is 14.8 Å². The molecule has 6 heteroatoms. The SMILES string of the molecule is Cc1ccnc(-n2c3[c-]c(Oc4[c-]c(-n5nc(C(C)C)c(-c6c(C)cc(C)cc6C)c5C(C)C)cc(CCC(C)C)c4)ccc3c3ccccc32)c1.[Pd+2]. The number of pyridine rings is 1. The van der Waals surface area contributed by atoms with Crippen LogP contribution in [0.2, 0.25) is 0 Å². The van der Waals surface area contributed by atoms with Crippen molar-refractivity contribution in [3.63, 3.8) is 0 Å². The standard InChI is InChI=1S/C47H50N4O.Pd/c1-28(2)15-16-35-24-36(51-47(30(5)6)45(46(49-51)29(3)4)44-33(9)21-32(8)22-34(44)10)26-38(25-35)52-37-17-18-40-39-13-11-12-14-41(39)50(42(40)27-37)43-23-31(7)19-20-48-43;/h11-14,17-25,28-30H,15-16H2,1-10H3;/q-2;+2. The number of ether oxygens (including phenoxy) is 1. The number of nitrogens with zero attached hydrogens (tertiary/aromatic N) is 4. The molecule has 0 unspecified atom stereocenters. The minimum Gasteiger partial charge on any atom is -0.509 e. The average Bonchev–Trinajstić information content (AvgIpc) is 3.64. The molecule has 0 aliphatic rings. The van der Waals surface area contributed by atoms with E-state index in [1.807, 2.05) is 18.3 Å². The van der Waals surface area contributed by atoms with Crippen LogP contribution in [0, 0.1) is 45.7 Å². The van der Waals surface area contributed by atoms with Gasteiger partial charge < -0.3 is 9.30 Å². The first-order valence-corrected chi connectivity index (χ1v) is 18.7. The molecule has 7 rings (SSSR count). The van der Waals surface area contributed by atoms with Crippen LogP contribution >= 0.6 is 0 Å². The Labute approximate surface area is 329 Å². The van der Waals surface area contributed by atoms with Crippen LogP contribution in [0.5, 0.6) is 11.5 Å². The molecule has 53 heavy (non-hydrogen) atoms. The minimum absolute atomic E-state index is 0. The van der Waals surface area contributed by atoms with Crippen molar-refractivity contribution in [1.82, 2.24) is 19.3 Å². The Morgan fingerprint density at radius 2 is 1.45 bits per heavy atom. The summed E-state index contributed by atoms with van der Waals surface area (Å²) in [5.41, 5.74) is 14.0. The van der Waals surface area contributed by atoms with Crippen molar-refractivity contribution in [2.24, 2.45) is 5.92 Å².